The van der Waals surface area contributed by atoms with Crippen LogP contribution in [0, 0.1) is 6.92 Å². The molecule has 0 amide bonds. The zero-order valence-electron chi connectivity index (χ0n) is 10.6. The first-order chi connectivity index (χ1) is 8.57. The summed E-state index contributed by atoms with van der Waals surface area (Å²) in [7, 11) is 0. The number of carbonyl (C=O) groups excluding carboxylic acids is 1. The van der Waals surface area contributed by atoms with E-state index in [2.05, 4.69) is 38.8 Å². The number of rotatable bonds is 3. The first-order valence-corrected chi connectivity index (χ1v) is 8.37. The summed E-state index contributed by atoms with van der Waals surface area (Å²) in [4.78, 5) is 12.6. The first-order valence-electron chi connectivity index (χ1n) is 6.46. The molecule has 1 aliphatic rings. The molecule has 0 bridgehead atoms. The maximum absolute atomic E-state index is 12.6. The molecule has 0 spiro atoms. The summed E-state index contributed by atoms with van der Waals surface area (Å²) >= 11 is 7.18. The van der Waals surface area contributed by atoms with Gasteiger partial charge in [-0.2, -0.15) is 0 Å². The molecule has 2 rings (SSSR count). The fourth-order valence-corrected chi connectivity index (χ4v) is 3.95. The lowest BCUT2D eigenvalue weighted by Gasteiger charge is -2.30. The normalized spacial score (nSPS) is 18.6. The lowest BCUT2D eigenvalue weighted by molar-refractivity contribution is 0.0923. The van der Waals surface area contributed by atoms with Crippen molar-refractivity contribution in [1.29, 1.82) is 0 Å². The van der Waals surface area contributed by atoms with Crippen LogP contribution < -0.4 is 0 Å². The number of benzene rings is 1. The molecular formula is C15H18Br2O. The van der Waals surface area contributed by atoms with Crippen LogP contribution in [0.15, 0.2) is 18.2 Å². The minimum Gasteiger partial charge on any atom is -0.293 e. The Kier molecular flexibility index (Phi) is 4.65. The summed E-state index contributed by atoms with van der Waals surface area (Å²) in [6.07, 6.45) is 5.47. The fourth-order valence-electron chi connectivity index (χ4n) is 2.55. The average Bonchev–Trinajstić information content (AvgIpc) is 2.39. The van der Waals surface area contributed by atoms with Crippen LogP contribution in [0.5, 0.6) is 0 Å². The molecule has 0 aromatic heterocycles. The van der Waals surface area contributed by atoms with Gasteiger partial charge in [0.15, 0.2) is 5.78 Å². The SMILES string of the molecule is Cc1ccc(C(=O)C2(Br)CCCCC2)cc1CBr. The molecule has 98 valence electrons. The van der Waals surface area contributed by atoms with Crippen molar-refractivity contribution in [3.8, 4) is 0 Å². The summed E-state index contributed by atoms with van der Waals surface area (Å²) in [6, 6.07) is 6.04. The third-order valence-corrected chi connectivity index (χ3v) is 5.57. The van der Waals surface area contributed by atoms with Crippen molar-refractivity contribution in [1.82, 2.24) is 0 Å². The Morgan fingerprint density at radius 1 is 1.28 bits per heavy atom. The number of carbonyl (C=O) groups is 1. The van der Waals surface area contributed by atoms with Crippen molar-refractivity contribution in [3.05, 3.63) is 34.9 Å². The largest absolute Gasteiger partial charge is 0.293 e. The Morgan fingerprint density at radius 3 is 2.56 bits per heavy atom. The Balaban J connectivity index is 2.27. The molecule has 0 saturated heterocycles. The maximum atomic E-state index is 12.6. The minimum absolute atomic E-state index is 0.254. The number of alkyl halides is 2. The Hall–Kier alpha value is -0.150. The van der Waals surface area contributed by atoms with Crippen LogP contribution in [0.4, 0.5) is 0 Å². The van der Waals surface area contributed by atoms with Crippen LogP contribution in [0.2, 0.25) is 0 Å². The van der Waals surface area contributed by atoms with Crippen molar-refractivity contribution < 1.29 is 4.79 Å². The van der Waals surface area contributed by atoms with E-state index in [1.165, 1.54) is 17.5 Å². The molecule has 1 aromatic rings. The maximum Gasteiger partial charge on any atom is 0.179 e. The van der Waals surface area contributed by atoms with Crippen LogP contribution in [-0.2, 0) is 5.33 Å². The summed E-state index contributed by atoms with van der Waals surface area (Å²) in [6.45, 7) is 2.08. The predicted octanol–water partition coefficient (Wildman–Crippen LogP) is 5.17. The van der Waals surface area contributed by atoms with Gasteiger partial charge >= 0.3 is 0 Å². The van der Waals surface area contributed by atoms with Gasteiger partial charge in [-0.3, -0.25) is 4.79 Å². The smallest absolute Gasteiger partial charge is 0.179 e. The van der Waals surface area contributed by atoms with E-state index in [1.807, 2.05) is 18.2 Å². The van der Waals surface area contributed by atoms with Crippen LogP contribution in [0.3, 0.4) is 0 Å². The molecule has 3 heteroatoms. The molecule has 1 fully saturated rings. The quantitative estimate of drug-likeness (QED) is 0.527. The van der Waals surface area contributed by atoms with E-state index in [-0.39, 0.29) is 10.1 Å². The lowest BCUT2D eigenvalue weighted by Crippen LogP contribution is -2.34. The molecule has 1 saturated carbocycles. The molecule has 1 aromatic carbocycles. The van der Waals surface area contributed by atoms with E-state index in [4.69, 9.17) is 0 Å². The standard InChI is InChI=1S/C15H18Br2O/c1-11-5-6-12(9-13(11)10-16)14(18)15(17)7-3-2-4-8-15/h5-6,9H,2-4,7-8,10H2,1H3. The number of aryl methyl sites for hydroxylation is 1. The highest BCUT2D eigenvalue weighted by Crippen LogP contribution is 2.38. The first kappa shape index (κ1) is 14.3. The van der Waals surface area contributed by atoms with Gasteiger partial charge in [0.25, 0.3) is 0 Å². The van der Waals surface area contributed by atoms with Gasteiger partial charge in [-0.05, 0) is 37.0 Å². The van der Waals surface area contributed by atoms with E-state index in [1.54, 1.807) is 0 Å². The highest BCUT2D eigenvalue weighted by Gasteiger charge is 2.37. The van der Waals surface area contributed by atoms with Crippen molar-refractivity contribution >= 4 is 37.6 Å². The van der Waals surface area contributed by atoms with Gasteiger partial charge in [0.1, 0.15) is 0 Å². The van der Waals surface area contributed by atoms with Crippen LogP contribution in [0.25, 0.3) is 0 Å². The van der Waals surface area contributed by atoms with Crippen molar-refractivity contribution in [2.75, 3.05) is 0 Å². The molecule has 0 N–H and O–H groups in total. The van der Waals surface area contributed by atoms with Gasteiger partial charge in [-0.25, -0.2) is 0 Å². The third kappa shape index (κ3) is 2.88. The van der Waals surface area contributed by atoms with Gasteiger partial charge in [0.2, 0.25) is 0 Å². The second kappa shape index (κ2) is 5.87. The highest BCUT2D eigenvalue weighted by molar-refractivity contribution is 9.10. The van der Waals surface area contributed by atoms with Gasteiger partial charge in [0.05, 0.1) is 4.32 Å². The van der Waals surface area contributed by atoms with Gasteiger partial charge < -0.3 is 0 Å². The number of hydrogen-bond donors (Lipinski definition) is 0. The van der Waals surface area contributed by atoms with E-state index < -0.39 is 0 Å². The molecule has 0 aliphatic heterocycles. The second-order valence-electron chi connectivity index (χ2n) is 5.13. The van der Waals surface area contributed by atoms with Gasteiger partial charge in [0, 0.05) is 10.9 Å². The fraction of sp³-hybridized carbons (Fsp3) is 0.533. The van der Waals surface area contributed by atoms with Crippen LogP contribution >= 0.6 is 31.9 Å². The molecule has 18 heavy (non-hydrogen) atoms. The van der Waals surface area contributed by atoms with Crippen LogP contribution in [0.1, 0.15) is 53.6 Å². The Labute approximate surface area is 126 Å². The summed E-state index contributed by atoms with van der Waals surface area (Å²) in [5, 5.41) is 0.801. The number of ketones is 1. The molecule has 0 heterocycles. The van der Waals surface area contributed by atoms with E-state index in [0.29, 0.717) is 0 Å². The Bertz CT molecular complexity index is 448. The van der Waals surface area contributed by atoms with Crippen molar-refractivity contribution in [2.24, 2.45) is 0 Å². The summed E-state index contributed by atoms with van der Waals surface area (Å²) < 4.78 is -0.315. The molecule has 1 nitrogen and oxygen atoms in total. The second-order valence-corrected chi connectivity index (χ2v) is 7.21. The molecule has 1 aliphatic carbocycles. The van der Waals surface area contributed by atoms with Gasteiger partial charge in [-0.15, -0.1) is 0 Å². The average molecular weight is 374 g/mol. The number of halogens is 2. The highest BCUT2D eigenvalue weighted by atomic mass is 79.9. The zero-order valence-corrected chi connectivity index (χ0v) is 13.8. The predicted molar refractivity (Wildman–Crippen MR) is 82.9 cm³/mol. The summed E-state index contributed by atoms with van der Waals surface area (Å²) in [5.74, 6) is 0.254. The van der Waals surface area contributed by atoms with Crippen molar-refractivity contribution in [3.63, 3.8) is 0 Å². The van der Waals surface area contributed by atoms with Crippen LogP contribution in [-0.4, -0.2) is 10.1 Å². The minimum atomic E-state index is -0.315. The monoisotopic (exact) mass is 372 g/mol. The van der Waals surface area contributed by atoms with E-state index in [0.717, 1.165) is 36.6 Å². The van der Waals surface area contributed by atoms with Crippen molar-refractivity contribution in [2.45, 2.75) is 48.7 Å². The topological polar surface area (TPSA) is 17.1 Å². The Morgan fingerprint density at radius 2 is 1.94 bits per heavy atom. The number of Topliss-reactive ketones (excluding diaryl/α,β-unsaturated/α-hetero) is 1. The van der Waals surface area contributed by atoms with Gasteiger partial charge in [-0.1, -0.05) is 63.3 Å². The molecule has 0 atom stereocenters. The molecular weight excluding hydrogens is 356 g/mol. The lowest BCUT2D eigenvalue weighted by atomic mass is 9.83. The molecule has 0 unspecified atom stereocenters. The summed E-state index contributed by atoms with van der Waals surface area (Å²) in [5.41, 5.74) is 3.28. The zero-order chi connectivity index (χ0) is 13.2. The van der Waals surface area contributed by atoms with E-state index >= 15 is 0 Å². The third-order valence-electron chi connectivity index (χ3n) is 3.81. The van der Waals surface area contributed by atoms with E-state index in [9.17, 15) is 4.79 Å². The number of hydrogen-bond acceptors (Lipinski definition) is 1. The molecule has 0 radical (unpaired) electrons.